The molecule has 8 heteroatoms. The Bertz CT molecular complexity index is 911. The lowest BCUT2D eigenvalue weighted by Crippen LogP contribution is -2.58. The van der Waals surface area contributed by atoms with Crippen molar-refractivity contribution < 1.29 is 18.0 Å². The van der Waals surface area contributed by atoms with Crippen molar-refractivity contribution in [1.29, 1.82) is 0 Å². The van der Waals surface area contributed by atoms with Gasteiger partial charge in [-0.1, -0.05) is 30.3 Å². The molecule has 0 spiro atoms. The van der Waals surface area contributed by atoms with E-state index in [0.717, 1.165) is 50.3 Å². The lowest BCUT2D eigenvalue weighted by molar-refractivity contribution is -0.137. The Labute approximate surface area is 193 Å². The second-order valence-corrected chi connectivity index (χ2v) is 9.02. The summed E-state index contributed by atoms with van der Waals surface area (Å²) >= 11 is 0. The van der Waals surface area contributed by atoms with E-state index in [2.05, 4.69) is 34.5 Å². The fraction of sp³-hybridized carbons (Fsp3) is 0.480. The summed E-state index contributed by atoms with van der Waals surface area (Å²) in [6, 6.07) is 15.8. The number of likely N-dealkylation sites (tertiary alicyclic amines) is 1. The molecule has 0 radical (unpaired) electrons. The third-order valence-corrected chi connectivity index (χ3v) is 6.61. The van der Waals surface area contributed by atoms with Crippen molar-refractivity contribution in [2.45, 2.75) is 44.6 Å². The van der Waals surface area contributed by atoms with Gasteiger partial charge in [-0.2, -0.15) is 13.2 Å². The molecule has 0 saturated carbocycles. The largest absolute Gasteiger partial charge is 0.416 e. The highest BCUT2D eigenvalue weighted by atomic mass is 19.4. The highest BCUT2D eigenvalue weighted by molar-refractivity contribution is 5.75. The number of hydrogen-bond donors (Lipinski definition) is 1. The minimum Gasteiger partial charge on any atom is -0.368 e. The molecule has 2 aliphatic rings. The molecule has 1 atom stereocenters. The van der Waals surface area contributed by atoms with Gasteiger partial charge in [0.1, 0.15) is 0 Å². The Balaban J connectivity index is 1.24. The maximum Gasteiger partial charge on any atom is 0.416 e. The molecule has 2 aromatic rings. The number of nitrogens with one attached hydrogen (secondary N) is 1. The predicted molar refractivity (Wildman–Crippen MR) is 123 cm³/mol. The van der Waals surface area contributed by atoms with Gasteiger partial charge in [-0.05, 0) is 49.6 Å². The van der Waals surface area contributed by atoms with Crippen molar-refractivity contribution in [3.63, 3.8) is 0 Å². The van der Waals surface area contributed by atoms with Gasteiger partial charge in [0.15, 0.2) is 0 Å². The van der Waals surface area contributed by atoms with Gasteiger partial charge in [-0.3, -0.25) is 4.90 Å². The minimum absolute atomic E-state index is 0.0285. The monoisotopic (exact) mass is 460 g/mol. The summed E-state index contributed by atoms with van der Waals surface area (Å²) in [6.07, 6.45) is -2.47. The molecule has 2 saturated heterocycles. The van der Waals surface area contributed by atoms with E-state index in [0.29, 0.717) is 19.6 Å². The molecule has 4 rings (SSSR count). The summed E-state index contributed by atoms with van der Waals surface area (Å²) in [5.41, 5.74) is 1.41. The highest BCUT2D eigenvalue weighted by Crippen LogP contribution is 2.31. The van der Waals surface area contributed by atoms with Crippen LogP contribution in [0.2, 0.25) is 0 Å². The molecule has 1 N–H and O–H groups in total. The molecule has 5 nitrogen and oxygen atoms in total. The van der Waals surface area contributed by atoms with Gasteiger partial charge in [0.2, 0.25) is 0 Å². The first-order valence-corrected chi connectivity index (χ1v) is 11.6. The lowest BCUT2D eigenvalue weighted by Gasteiger charge is -2.42. The van der Waals surface area contributed by atoms with Crippen molar-refractivity contribution in [2.75, 3.05) is 37.6 Å². The van der Waals surface area contributed by atoms with Crippen LogP contribution >= 0.6 is 0 Å². The third kappa shape index (κ3) is 5.99. The highest BCUT2D eigenvalue weighted by Gasteiger charge is 2.32. The van der Waals surface area contributed by atoms with Crippen LogP contribution in [0, 0.1) is 0 Å². The summed E-state index contributed by atoms with van der Waals surface area (Å²) in [7, 11) is 0. The summed E-state index contributed by atoms with van der Waals surface area (Å²) in [5, 5.41) is 3.20. The number of alkyl halides is 3. The Kier molecular flexibility index (Phi) is 7.12. The smallest absolute Gasteiger partial charge is 0.368 e. The van der Waals surface area contributed by atoms with Crippen LogP contribution in [-0.2, 0) is 12.7 Å². The molecule has 2 aliphatic heterocycles. The van der Waals surface area contributed by atoms with Crippen LogP contribution in [-0.4, -0.2) is 60.6 Å². The summed E-state index contributed by atoms with van der Waals surface area (Å²) in [6.45, 7) is 6.56. The van der Waals surface area contributed by atoms with Crippen LogP contribution in [0.4, 0.5) is 23.7 Å². The molecule has 2 fully saturated rings. The Morgan fingerprint density at radius 3 is 2.24 bits per heavy atom. The van der Waals surface area contributed by atoms with Gasteiger partial charge in [-0.25, -0.2) is 4.79 Å². The Morgan fingerprint density at radius 2 is 1.64 bits per heavy atom. The van der Waals surface area contributed by atoms with E-state index in [1.165, 1.54) is 17.7 Å². The van der Waals surface area contributed by atoms with E-state index < -0.39 is 11.7 Å². The number of hydrogen-bond acceptors (Lipinski definition) is 3. The molecule has 178 valence electrons. The zero-order valence-electron chi connectivity index (χ0n) is 18.9. The first-order valence-electron chi connectivity index (χ1n) is 11.6. The molecule has 0 bridgehead atoms. The second-order valence-electron chi connectivity index (χ2n) is 9.02. The van der Waals surface area contributed by atoms with E-state index >= 15 is 0 Å². The van der Waals surface area contributed by atoms with Crippen molar-refractivity contribution in [2.24, 2.45) is 0 Å². The fourth-order valence-corrected chi connectivity index (χ4v) is 4.69. The van der Waals surface area contributed by atoms with Gasteiger partial charge >= 0.3 is 12.2 Å². The van der Waals surface area contributed by atoms with Gasteiger partial charge < -0.3 is 15.1 Å². The zero-order chi connectivity index (χ0) is 23.4. The third-order valence-electron chi connectivity index (χ3n) is 6.61. The van der Waals surface area contributed by atoms with Crippen molar-refractivity contribution in [3.8, 4) is 0 Å². The number of amides is 2. The van der Waals surface area contributed by atoms with Crippen LogP contribution in [0.3, 0.4) is 0 Å². The molecular formula is C25H31F3N4O. The topological polar surface area (TPSA) is 38.8 Å². The van der Waals surface area contributed by atoms with Crippen molar-refractivity contribution in [3.05, 3.63) is 65.7 Å². The quantitative estimate of drug-likeness (QED) is 0.726. The number of rotatable bonds is 4. The van der Waals surface area contributed by atoms with Gasteiger partial charge in [0.25, 0.3) is 0 Å². The van der Waals surface area contributed by atoms with Crippen molar-refractivity contribution >= 4 is 11.7 Å². The average molecular weight is 461 g/mol. The van der Waals surface area contributed by atoms with Crippen LogP contribution in [0.5, 0.6) is 0 Å². The first kappa shape index (κ1) is 23.4. The molecule has 2 heterocycles. The number of nitrogens with zero attached hydrogens (tertiary/aromatic N) is 3. The van der Waals surface area contributed by atoms with Crippen LogP contribution < -0.4 is 10.2 Å². The van der Waals surface area contributed by atoms with E-state index in [9.17, 15) is 18.0 Å². The maximum absolute atomic E-state index is 12.9. The summed E-state index contributed by atoms with van der Waals surface area (Å²) in [4.78, 5) is 19.2. The van der Waals surface area contributed by atoms with E-state index in [1.54, 1.807) is 0 Å². The zero-order valence-corrected chi connectivity index (χ0v) is 18.9. The van der Waals surface area contributed by atoms with Gasteiger partial charge in [-0.15, -0.1) is 0 Å². The Morgan fingerprint density at radius 1 is 0.970 bits per heavy atom. The second kappa shape index (κ2) is 10.0. The molecule has 33 heavy (non-hydrogen) atoms. The number of carbonyl (C=O) groups excluding carboxylic acids is 1. The van der Waals surface area contributed by atoms with Crippen LogP contribution in [0.1, 0.15) is 30.9 Å². The molecular weight excluding hydrogens is 429 g/mol. The lowest BCUT2D eigenvalue weighted by atomic mass is 10.0. The normalized spacial score (nSPS) is 20.7. The number of halogens is 3. The van der Waals surface area contributed by atoms with Gasteiger partial charge in [0.05, 0.1) is 5.56 Å². The number of urea groups is 1. The van der Waals surface area contributed by atoms with Crippen molar-refractivity contribution in [1.82, 2.24) is 15.1 Å². The molecule has 0 unspecified atom stereocenters. The minimum atomic E-state index is -4.33. The fourth-order valence-electron chi connectivity index (χ4n) is 4.69. The molecule has 2 aromatic carbocycles. The van der Waals surface area contributed by atoms with E-state index in [1.807, 2.05) is 22.8 Å². The number of piperidine rings is 1. The average Bonchev–Trinajstić information content (AvgIpc) is 2.80. The SMILES string of the molecule is C[C@@H]1CN(c2ccc(C(F)(F)F)cc2)CCN1C(=O)NC1CCN(Cc2ccccc2)CC1. The summed E-state index contributed by atoms with van der Waals surface area (Å²) < 4.78 is 38.4. The predicted octanol–water partition coefficient (Wildman–Crippen LogP) is 4.59. The number of benzene rings is 2. The van der Waals surface area contributed by atoms with Crippen LogP contribution in [0.25, 0.3) is 0 Å². The summed E-state index contributed by atoms with van der Waals surface area (Å²) in [5.74, 6) is 0. The van der Waals surface area contributed by atoms with E-state index in [4.69, 9.17) is 0 Å². The van der Waals surface area contributed by atoms with Gasteiger partial charge in [0, 0.05) is 57.0 Å². The molecule has 0 aliphatic carbocycles. The number of piperazine rings is 1. The van der Waals surface area contributed by atoms with Crippen LogP contribution in [0.15, 0.2) is 54.6 Å². The number of anilines is 1. The number of carbonyl (C=O) groups is 1. The molecule has 0 aromatic heterocycles. The first-order chi connectivity index (χ1) is 15.8. The maximum atomic E-state index is 12.9. The molecule has 2 amide bonds. The van der Waals surface area contributed by atoms with E-state index in [-0.39, 0.29) is 18.1 Å². The standard InChI is InChI=1S/C25H31F3N4O/c1-19-17-31(23-9-7-21(8-10-23)25(26,27)28)15-16-32(19)24(33)29-22-11-13-30(14-12-22)18-20-5-3-2-4-6-20/h2-10,19,22H,11-18H2,1H3,(H,29,33)/t19-/m1/s1. The Hall–Kier alpha value is -2.74.